The van der Waals surface area contributed by atoms with Crippen molar-refractivity contribution < 1.29 is 14.3 Å². The summed E-state index contributed by atoms with van der Waals surface area (Å²) in [4.78, 5) is 14.5. The highest BCUT2D eigenvalue weighted by atomic mass is 16.5. The van der Waals surface area contributed by atoms with Crippen molar-refractivity contribution in [3.05, 3.63) is 60.4 Å². The molecule has 0 aliphatic carbocycles. The lowest BCUT2D eigenvalue weighted by atomic mass is 10.1. The number of benzene rings is 2. The van der Waals surface area contributed by atoms with E-state index in [9.17, 15) is 4.79 Å². The summed E-state index contributed by atoms with van der Waals surface area (Å²) in [6.45, 7) is 1.74. The molecule has 0 saturated heterocycles. The van der Waals surface area contributed by atoms with Crippen molar-refractivity contribution >= 4 is 17.5 Å². The average molecular weight is 409 g/mol. The van der Waals surface area contributed by atoms with Gasteiger partial charge in [0.25, 0.3) is 0 Å². The predicted octanol–water partition coefficient (Wildman–Crippen LogP) is 3.81. The highest BCUT2D eigenvalue weighted by molar-refractivity contribution is 5.91. The summed E-state index contributed by atoms with van der Waals surface area (Å²) in [6.07, 6.45) is 3.06. The topological polar surface area (TPSA) is 91.5 Å². The zero-order valence-electron chi connectivity index (χ0n) is 17.4. The first-order valence-electron chi connectivity index (χ1n) is 9.63. The number of aromatic nitrogens is 2. The van der Waals surface area contributed by atoms with Gasteiger partial charge in [-0.05, 0) is 49.5 Å². The fourth-order valence-electron chi connectivity index (χ4n) is 2.86. The zero-order valence-corrected chi connectivity index (χ0v) is 17.4. The van der Waals surface area contributed by atoms with Crippen molar-refractivity contribution in [1.82, 2.24) is 15.1 Å². The Morgan fingerprint density at radius 3 is 2.73 bits per heavy atom. The molecule has 1 amide bonds. The minimum absolute atomic E-state index is 0.152. The first-order valence-corrected chi connectivity index (χ1v) is 9.63. The zero-order chi connectivity index (χ0) is 21.3. The maximum atomic E-state index is 12.4. The molecule has 3 aromatic rings. The summed E-state index contributed by atoms with van der Waals surface area (Å²) < 4.78 is 10.6. The molecule has 0 fully saturated rings. The van der Waals surface area contributed by atoms with Crippen LogP contribution in [-0.2, 0) is 11.3 Å². The lowest BCUT2D eigenvalue weighted by Gasteiger charge is -2.16. The molecule has 2 aromatic carbocycles. The number of anilines is 2. The number of nitrogens with one attached hydrogen (secondary N) is 3. The van der Waals surface area contributed by atoms with E-state index < -0.39 is 6.09 Å². The Balaban J connectivity index is 1.68. The van der Waals surface area contributed by atoms with Gasteiger partial charge < -0.3 is 19.7 Å². The van der Waals surface area contributed by atoms with E-state index in [4.69, 9.17) is 9.47 Å². The number of amides is 1. The summed E-state index contributed by atoms with van der Waals surface area (Å²) in [5.41, 5.74) is 4.28. The second kappa shape index (κ2) is 10.3. The Hall–Kier alpha value is -3.52. The van der Waals surface area contributed by atoms with Crippen LogP contribution < -0.4 is 15.4 Å². The quantitative estimate of drug-likeness (QED) is 0.498. The molecule has 0 atom stereocenters. The largest absolute Gasteiger partial charge is 0.497 e. The lowest BCUT2D eigenvalue weighted by Crippen LogP contribution is -2.21. The van der Waals surface area contributed by atoms with Crippen LogP contribution in [-0.4, -0.2) is 55.5 Å². The number of aromatic amines is 1. The molecule has 3 rings (SSSR count). The van der Waals surface area contributed by atoms with Crippen LogP contribution in [0.4, 0.5) is 16.2 Å². The van der Waals surface area contributed by atoms with Gasteiger partial charge in [0.05, 0.1) is 24.7 Å². The molecule has 158 valence electrons. The second-order valence-corrected chi connectivity index (χ2v) is 7.03. The van der Waals surface area contributed by atoms with Crippen LogP contribution in [0.25, 0.3) is 11.1 Å². The van der Waals surface area contributed by atoms with Crippen molar-refractivity contribution in [2.75, 3.05) is 44.9 Å². The molecule has 0 bridgehead atoms. The number of likely N-dealkylation sites (N-methyl/N-ethyl adjacent to an activating group) is 1. The maximum Gasteiger partial charge on any atom is 0.412 e. The van der Waals surface area contributed by atoms with Crippen LogP contribution >= 0.6 is 0 Å². The third-order valence-electron chi connectivity index (χ3n) is 4.47. The minimum atomic E-state index is -0.524. The highest BCUT2D eigenvalue weighted by Crippen LogP contribution is 2.29. The Labute approximate surface area is 176 Å². The number of methoxy groups -OCH3 is 1. The van der Waals surface area contributed by atoms with E-state index in [0.29, 0.717) is 5.69 Å². The maximum absolute atomic E-state index is 12.4. The minimum Gasteiger partial charge on any atom is -0.497 e. The monoisotopic (exact) mass is 409 g/mol. The molecule has 8 heteroatoms. The highest BCUT2D eigenvalue weighted by Gasteiger charge is 2.11. The van der Waals surface area contributed by atoms with E-state index in [1.807, 2.05) is 62.8 Å². The standard InChI is InChI=1S/C22H27N5O3/c1-27(2)10-9-23-21-12-17(18-13-24-25-14-18)7-8-20(21)26-22(28)30-15-16-5-4-6-19(11-16)29-3/h4-8,11-14,23H,9-10,15H2,1-3H3,(H,24,25)(H,26,28). The van der Waals surface area contributed by atoms with Crippen molar-refractivity contribution in [2.24, 2.45) is 0 Å². The molecule has 1 heterocycles. The van der Waals surface area contributed by atoms with E-state index >= 15 is 0 Å². The SMILES string of the molecule is COc1cccc(COC(=O)Nc2ccc(-c3cn[nH]c3)cc2NCCN(C)C)c1. The van der Waals surface area contributed by atoms with E-state index in [1.54, 1.807) is 13.3 Å². The van der Waals surface area contributed by atoms with Gasteiger partial charge in [0.2, 0.25) is 0 Å². The molecule has 30 heavy (non-hydrogen) atoms. The van der Waals surface area contributed by atoms with Gasteiger partial charge >= 0.3 is 6.09 Å². The van der Waals surface area contributed by atoms with E-state index in [1.165, 1.54) is 0 Å². The molecule has 8 nitrogen and oxygen atoms in total. The van der Waals surface area contributed by atoms with Crippen molar-refractivity contribution in [3.63, 3.8) is 0 Å². The molecule has 0 saturated carbocycles. The van der Waals surface area contributed by atoms with Gasteiger partial charge in [0, 0.05) is 24.8 Å². The van der Waals surface area contributed by atoms with Crippen LogP contribution in [0.5, 0.6) is 5.75 Å². The van der Waals surface area contributed by atoms with Gasteiger partial charge in [-0.1, -0.05) is 18.2 Å². The summed E-state index contributed by atoms with van der Waals surface area (Å²) in [6, 6.07) is 13.2. The summed E-state index contributed by atoms with van der Waals surface area (Å²) in [5, 5.41) is 13.0. The molecule has 1 aromatic heterocycles. The number of nitrogens with zero attached hydrogens (tertiary/aromatic N) is 2. The lowest BCUT2D eigenvalue weighted by molar-refractivity contribution is 0.155. The fraction of sp³-hybridized carbons (Fsp3) is 0.273. The van der Waals surface area contributed by atoms with Crippen LogP contribution in [0.3, 0.4) is 0 Å². The number of hydrogen-bond acceptors (Lipinski definition) is 6. The second-order valence-electron chi connectivity index (χ2n) is 7.03. The van der Waals surface area contributed by atoms with Gasteiger partial charge in [-0.25, -0.2) is 4.79 Å². The first-order chi connectivity index (χ1) is 14.5. The molecular formula is C22H27N5O3. The van der Waals surface area contributed by atoms with Crippen LogP contribution in [0, 0.1) is 0 Å². The third-order valence-corrected chi connectivity index (χ3v) is 4.47. The molecule has 0 aliphatic rings. The number of H-pyrrole nitrogens is 1. The average Bonchev–Trinajstić information content (AvgIpc) is 3.28. The number of ether oxygens (including phenoxy) is 2. The first kappa shape index (κ1) is 21.2. The van der Waals surface area contributed by atoms with Gasteiger partial charge in [-0.3, -0.25) is 10.4 Å². The predicted molar refractivity (Wildman–Crippen MR) is 118 cm³/mol. The van der Waals surface area contributed by atoms with Crippen LogP contribution in [0.2, 0.25) is 0 Å². The van der Waals surface area contributed by atoms with Crippen molar-refractivity contribution in [3.8, 4) is 16.9 Å². The molecule has 0 radical (unpaired) electrons. The molecule has 3 N–H and O–H groups in total. The number of hydrogen-bond donors (Lipinski definition) is 3. The summed E-state index contributed by atoms with van der Waals surface area (Å²) in [5.74, 6) is 0.721. The van der Waals surface area contributed by atoms with Crippen molar-refractivity contribution in [2.45, 2.75) is 6.61 Å². The Morgan fingerprint density at radius 1 is 1.13 bits per heavy atom. The summed E-state index contributed by atoms with van der Waals surface area (Å²) in [7, 11) is 5.63. The van der Waals surface area contributed by atoms with Gasteiger partial charge in [0.1, 0.15) is 12.4 Å². The van der Waals surface area contributed by atoms with Gasteiger partial charge in [-0.15, -0.1) is 0 Å². The number of carbonyl (C=O) groups is 1. The Kier molecular flexibility index (Phi) is 7.29. The van der Waals surface area contributed by atoms with Crippen LogP contribution in [0.15, 0.2) is 54.9 Å². The van der Waals surface area contributed by atoms with Gasteiger partial charge in [0.15, 0.2) is 0 Å². The van der Waals surface area contributed by atoms with E-state index in [0.717, 1.165) is 41.2 Å². The van der Waals surface area contributed by atoms with E-state index in [2.05, 4.69) is 25.7 Å². The molecule has 0 aliphatic heterocycles. The Morgan fingerprint density at radius 2 is 2.00 bits per heavy atom. The molecular weight excluding hydrogens is 382 g/mol. The molecule has 0 unspecified atom stereocenters. The fourth-order valence-corrected chi connectivity index (χ4v) is 2.86. The van der Waals surface area contributed by atoms with Crippen molar-refractivity contribution in [1.29, 1.82) is 0 Å². The summed E-state index contributed by atoms with van der Waals surface area (Å²) >= 11 is 0. The number of rotatable bonds is 9. The Bertz CT molecular complexity index is 957. The molecule has 0 spiro atoms. The van der Waals surface area contributed by atoms with Crippen LogP contribution in [0.1, 0.15) is 5.56 Å². The number of carbonyl (C=O) groups excluding carboxylic acids is 1. The van der Waals surface area contributed by atoms with Gasteiger partial charge in [-0.2, -0.15) is 5.10 Å². The van der Waals surface area contributed by atoms with E-state index in [-0.39, 0.29) is 6.61 Å². The smallest absolute Gasteiger partial charge is 0.412 e. The third kappa shape index (κ3) is 5.99. The normalized spacial score (nSPS) is 10.7.